The highest BCUT2D eigenvalue weighted by molar-refractivity contribution is 8.93. The third-order valence-electron chi connectivity index (χ3n) is 2.59. The normalized spacial score (nSPS) is 9.83. The summed E-state index contributed by atoms with van der Waals surface area (Å²) < 4.78 is 0. The van der Waals surface area contributed by atoms with Gasteiger partial charge in [-0.2, -0.15) is 0 Å². The van der Waals surface area contributed by atoms with Gasteiger partial charge in [-0.25, -0.2) is 4.98 Å². The molecule has 1 aromatic heterocycles. The van der Waals surface area contributed by atoms with Crippen LogP contribution in [0.2, 0.25) is 0 Å². The quantitative estimate of drug-likeness (QED) is 0.829. The Bertz CT molecular complexity index is 496. The van der Waals surface area contributed by atoms with Gasteiger partial charge in [0.1, 0.15) is 5.69 Å². The first-order valence-electron chi connectivity index (χ1n) is 5.60. The largest absolute Gasteiger partial charge is 0.342 e. The first-order chi connectivity index (χ1) is 8.31. The molecular formula is C13H16BrN3O. The highest BCUT2D eigenvalue weighted by atomic mass is 79.9. The Hall–Kier alpha value is -1.46. The van der Waals surface area contributed by atoms with Gasteiger partial charge in [0, 0.05) is 12.8 Å². The fraction of sp³-hybridized carbons (Fsp3) is 0.231. The van der Waals surface area contributed by atoms with E-state index in [1.807, 2.05) is 30.3 Å². The van der Waals surface area contributed by atoms with Crippen LogP contribution in [0.5, 0.6) is 0 Å². The number of carbonyl (C=O) groups is 1. The zero-order valence-corrected chi connectivity index (χ0v) is 11.6. The van der Waals surface area contributed by atoms with Gasteiger partial charge in [-0.1, -0.05) is 30.3 Å². The summed E-state index contributed by atoms with van der Waals surface area (Å²) in [7, 11) is 0. The maximum Gasteiger partial charge on any atom is 0.185 e. The van der Waals surface area contributed by atoms with E-state index in [-0.39, 0.29) is 22.8 Å². The molecule has 96 valence electrons. The number of nitrogens with two attached hydrogens (primary N) is 1. The van der Waals surface area contributed by atoms with Gasteiger partial charge < -0.3 is 10.7 Å². The van der Waals surface area contributed by atoms with Gasteiger partial charge >= 0.3 is 0 Å². The molecule has 3 N–H and O–H groups in total. The van der Waals surface area contributed by atoms with Gasteiger partial charge in [0.15, 0.2) is 5.78 Å². The number of aromatic nitrogens is 2. The maximum atomic E-state index is 12.1. The molecule has 0 spiro atoms. The fourth-order valence-corrected chi connectivity index (χ4v) is 1.76. The maximum absolute atomic E-state index is 12.1. The molecule has 0 bridgehead atoms. The summed E-state index contributed by atoms with van der Waals surface area (Å²) in [5.74, 6) is 0.0529. The van der Waals surface area contributed by atoms with Gasteiger partial charge in [-0.05, 0) is 12.1 Å². The number of carbonyl (C=O) groups excluding carboxylic acids is 1. The summed E-state index contributed by atoms with van der Waals surface area (Å²) in [6.07, 6.45) is 2.56. The van der Waals surface area contributed by atoms with Crippen LogP contribution in [-0.4, -0.2) is 22.3 Å². The van der Waals surface area contributed by atoms with Crippen molar-refractivity contribution in [1.29, 1.82) is 0 Å². The Morgan fingerprint density at radius 3 is 2.67 bits per heavy atom. The molecule has 0 radical (unpaired) electrons. The van der Waals surface area contributed by atoms with Gasteiger partial charge in [-0.3, -0.25) is 4.79 Å². The fourth-order valence-electron chi connectivity index (χ4n) is 1.76. The average Bonchev–Trinajstić information content (AvgIpc) is 2.79. The number of hydrogen-bond acceptors (Lipinski definition) is 3. The highest BCUT2D eigenvalue weighted by Crippen LogP contribution is 2.09. The number of halogens is 1. The molecule has 0 fully saturated rings. The van der Waals surface area contributed by atoms with Gasteiger partial charge in [0.2, 0.25) is 0 Å². The number of nitrogens with zero attached hydrogens (tertiary/aromatic N) is 1. The van der Waals surface area contributed by atoms with Gasteiger partial charge in [-0.15, -0.1) is 17.0 Å². The second kappa shape index (κ2) is 7.08. The van der Waals surface area contributed by atoms with Crippen LogP contribution in [0.25, 0.3) is 0 Å². The van der Waals surface area contributed by atoms with Crippen molar-refractivity contribution in [2.75, 3.05) is 6.54 Å². The lowest BCUT2D eigenvalue weighted by Gasteiger charge is -2.01. The van der Waals surface area contributed by atoms with E-state index in [0.29, 0.717) is 25.1 Å². The van der Waals surface area contributed by atoms with E-state index in [4.69, 9.17) is 5.73 Å². The zero-order valence-electron chi connectivity index (χ0n) is 9.93. The van der Waals surface area contributed by atoms with Crippen molar-refractivity contribution in [1.82, 2.24) is 9.97 Å². The molecular weight excluding hydrogens is 294 g/mol. The average molecular weight is 310 g/mol. The number of benzene rings is 1. The molecule has 18 heavy (non-hydrogen) atoms. The molecule has 0 atom stereocenters. The lowest BCUT2D eigenvalue weighted by molar-refractivity contribution is 0.0988. The molecule has 0 amide bonds. The van der Waals surface area contributed by atoms with Crippen LogP contribution < -0.4 is 5.73 Å². The zero-order chi connectivity index (χ0) is 12.1. The molecule has 2 rings (SSSR count). The Morgan fingerprint density at radius 1 is 1.28 bits per heavy atom. The molecule has 0 unspecified atom stereocenters. The highest BCUT2D eigenvalue weighted by Gasteiger charge is 2.13. The summed E-state index contributed by atoms with van der Waals surface area (Å²) in [5, 5.41) is 0. The Labute approximate surface area is 116 Å². The van der Waals surface area contributed by atoms with Crippen LogP contribution in [0, 0.1) is 0 Å². The first-order valence-corrected chi connectivity index (χ1v) is 5.60. The van der Waals surface area contributed by atoms with Crippen molar-refractivity contribution in [3.8, 4) is 0 Å². The van der Waals surface area contributed by atoms with Crippen LogP contribution in [0.1, 0.15) is 21.7 Å². The molecule has 5 heteroatoms. The van der Waals surface area contributed by atoms with E-state index in [1.165, 1.54) is 0 Å². The topological polar surface area (TPSA) is 71.8 Å². The molecule has 0 aliphatic rings. The van der Waals surface area contributed by atoms with E-state index >= 15 is 0 Å². The number of H-pyrrole nitrogens is 1. The van der Waals surface area contributed by atoms with Crippen LogP contribution in [0.15, 0.2) is 36.7 Å². The SMILES string of the molecule is Br.NCCc1nc[nH]c1C(=O)Cc1ccccc1. The molecule has 1 heterocycles. The van der Waals surface area contributed by atoms with Gasteiger partial charge in [0.25, 0.3) is 0 Å². The lowest BCUT2D eigenvalue weighted by Crippen LogP contribution is -2.10. The number of hydrogen-bond donors (Lipinski definition) is 2. The van der Waals surface area contributed by atoms with E-state index in [9.17, 15) is 4.79 Å². The van der Waals surface area contributed by atoms with E-state index in [2.05, 4.69) is 9.97 Å². The standard InChI is InChI=1S/C13H15N3O.BrH/c14-7-6-11-13(16-9-15-11)12(17)8-10-4-2-1-3-5-10;/h1-5,9H,6-8,14H2,(H,15,16);1H. The molecule has 0 aliphatic carbocycles. The molecule has 0 saturated heterocycles. The molecule has 2 aromatic rings. The van der Waals surface area contributed by atoms with Crippen molar-refractivity contribution < 1.29 is 4.79 Å². The summed E-state index contributed by atoms with van der Waals surface area (Å²) in [4.78, 5) is 19.1. The van der Waals surface area contributed by atoms with Crippen molar-refractivity contribution >= 4 is 22.8 Å². The number of Topliss-reactive ketones (excluding diaryl/α,β-unsaturated/α-hetero) is 1. The van der Waals surface area contributed by atoms with Crippen LogP contribution in [0.3, 0.4) is 0 Å². The van der Waals surface area contributed by atoms with E-state index < -0.39 is 0 Å². The number of aromatic amines is 1. The van der Waals surface area contributed by atoms with Crippen LogP contribution >= 0.6 is 17.0 Å². The molecule has 4 nitrogen and oxygen atoms in total. The third-order valence-corrected chi connectivity index (χ3v) is 2.59. The predicted molar refractivity (Wildman–Crippen MR) is 76.1 cm³/mol. The lowest BCUT2D eigenvalue weighted by atomic mass is 10.1. The number of nitrogens with one attached hydrogen (secondary N) is 1. The second-order valence-electron chi connectivity index (χ2n) is 3.85. The summed E-state index contributed by atoms with van der Waals surface area (Å²) in [5.41, 5.74) is 7.82. The Morgan fingerprint density at radius 2 is 2.00 bits per heavy atom. The summed E-state index contributed by atoms with van der Waals surface area (Å²) in [6.45, 7) is 0.496. The smallest absolute Gasteiger partial charge is 0.185 e. The molecule has 1 aromatic carbocycles. The second-order valence-corrected chi connectivity index (χ2v) is 3.85. The van der Waals surface area contributed by atoms with Crippen molar-refractivity contribution in [2.45, 2.75) is 12.8 Å². The van der Waals surface area contributed by atoms with Crippen molar-refractivity contribution in [3.63, 3.8) is 0 Å². The van der Waals surface area contributed by atoms with Crippen molar-refractivity contribution in [3.05, 3.63) is 53.6 Å². The minimum absolute atomic E-state index is 0. The Balaban J connectivity index is 0.00000162. The molecule has 0 aliphatic heterocycles. The summed E-state index contributed by atoms with van der Waals surface area (Å²) in [6, 6.07) is 9.67. The van der Waals surface area contributed by atoms with E-state index in [0.717, 1.165) is 11.3 Å². The number of rotatable bonds is 5. The minimum Gasteiger partial charge on any atom is -0.342 e. The first kappa shape index (κ1) is 14.6. The van der Waals surface area contributed by atoms with Crippen LogP contribution in [0.4, 0.5) is 0 Å². The van der Waals surface area contributed by atoms with Gasteiger partial charge in [0.05, 0.1) is 12.0 Å². The number of ketones is 1. The monoisotopic (exact) mass is 309 g/mol. The minimum atomic E-state index is 0. The number of imidazole rings is 1. The molecule has 0 saturated carbocycles. The van der Waals surface area contributed by atoms with E-state index in [1.54, 1.807) is 6.33 Å². The predicted octanol–water partition coefficient (Wildman–Crippen LogP) is 1.91. The van der Waals surface area contributed by atoms with Crippen LogP contribution in [-0.2, 0) is 12.8 Å². The summed E-state index contributed by atoms with van der Waals surface area (Å²) >= 11 is 0. The Kier molecular flexibility index (Phi) is 5.74. The third kappa shape index (κ3) is 3.51. The van der Waals surface area contributed by atoms with Crippen molar-refractivity contribution in [2.24, 2.45) is 5.73 Å².